The molecule has 2 N–H and O–H groups in total. The predicted octanol–water partition coefficient (Wildman–Crippen LogP) is 1.03. The maximum absolute atomic E-state index is 12.0. The Kier molecular flexibility index (Phi) is 2.98. The Morgan fingerprint density at radius 3 is 2.37 bits per heavy atom. The number of carbonyl (C=O) groups is 2. The van der Waals surface area contributed by atoms with E-state index in [1.54, 1.807) is 6.07 Å². The largest absolute Gasteiger partial charge is 0.295 e. The van der Waals surface area contributed by atoms with Crippen molar-refractivity contribution in [3.05, 3.63) is 28.8 Å². The van der Waals surface area contributed by atoms with Crippen LogP contribution in [0.25, 0.3) is 0 Å². The van der Waals surface area contributed by atoms with Gasteiger partial charge in [-0.1, -0.05) is 13.8 Å². The second kappa shape index (κ2) is 4.14. The van der Waals surface area contributed by atoms with Gasteiger partial charge in [0.1, 0.15) is 4.90 Å². The summed E-state index contributed by atoms with van der Waals surface area (Å²) < 4.78 is 24.3. The number of rotatable bonds is 2. The van der Waals surface area contributed by atoms with Crippen LogP contribution in [0, 0.1) is 0 Å². The fourth-order valence-electron chi connectivity index (χ4n) is 2.05. The van der Waals surface area contributed by atoms with Gasteiger partial charge in [-0.3, -0.25) is 9.59 Å². The number of fused-ring (bicyclic) bond motifs is 1. The lowest BCUT2D eigenvalue weighted by atomic mass is 9.93. The number of carbonyl (C=O) groups excluding carboxylic acids is 2. The third-order valence-corrected chi connectivity index (χ3v) is 4.67. The summed E-state index contributed by atoms with van der Waals surface area (Å²) in [5.41, 5.74) is 0.848. The van der Waals surface area contributed by atoms with E-state index in [2.05, 4.69) is 0 Å². The van der Waals surface area contributed by atoms with E-state index >= 15 is 0 Å². The topological polar surface area (TPSA) is 97.5 Å². The van der Waals surface area contributed by atoms with Crippen LogP contribution in [0.15, 0.2) is 17.0 Å². The Labute approximate surface area is 111 Å². The Bertz CT molecular complexity index is 692. The number of amides is 1. The molecular weight excluding hydrogens is 268 g/mol. The summed E-state index contributed by atoms with van der Waals surface area (Å²) in [6, 6.07) is 2.77. The highest BCUT2D eigenvalue weighted by Crippen LogP contribution is 2.35. The number of Topliss-reactive ketones (excluding diaryl/α,β-unsaturated/α-hetero) is 1. The molecule has 0 fully saturated rings. The number of hydrazine groups is 1. The number of nitrogens with two attached hydrogens (primary N) is 1. The average molecular weight is 282 g/mol. The molecule has 0 unspecified atom stereocenters. The first kappa shape index (κ1) is 13.7. The van der Waals surface area contributed by atoms with Crippen molar-refractivity contribution < 1.29 is 18.0 Å². The minimum atomic E-state index is -4.04. The molecule has 7 heteroatoms. The molecule has 0 bridgehead atoms. The third-order valence-electron chi connectivity index (χ3n) is 3.11. The van der Waals surface area contributed by atoms with Gasteiger partial charge in [0.15, 0.2) is 5.78 Å². The Morgan fingerprint density at radius 2 is 1.89 bits per heavy atom. The molecule has 6 nitrogen and oxygen atoms in total. The van der Waals surface area contributed by atoms with Crippen LogP contribution in [0.3, 0.4) is 0 Å². The Morgan fingerprint density at radius 1 is 1.32 bits per heavy atom. The lowest BCUT2D eigenvalue weighted by Crippen LogP contribution is -2.36. The van der Waals surface area contributed by atoms with Gasteiger partial charge in [-0.15, -0.1) is 0 Å². The van der Waals surface area contributed by atoms with Crippen molar-refractivity contribution in [1.82, 2.24) is 4.41 Å². The summed E-state index contributed by atoms with van der Waals surface area (Å²) in [5, 5.41) is 0. The standard InChI is InChI=1S/C12H14N2O4S/c1-6(2)9-4-8(7(3)15)5-10-11(9)12(16)14(13)19(10,17)18/h4-6H,13H2,1-3H3. The highest BCUT2D eigenvalue weighted by Gasteiger charge is 2.42. The molecule has 2 rings (SSSR count). The highest BCUT2D eigenvalue weighted by atomic mass is 32.2. The maximum atomic E-state index is 12.0. The fourth-order valence-corrected chi connectivity index (χ4v) is 3.31. The summed E-state index contributed by atoms with van der Waals surface area (Å²) in [6.07, 6.45) is 0. The van der Waals surface area contributed by atoms with Gasteiger partial charge in [-0.25, -0.2) is 5.84 Å². The van der Waals surface area contributed by atoms with Crippen LogP contribution < -0.4 is 5.84 Å². The van der Waals surface area contributed by atoms with Crippen molar-refractivity contribution in [2.45, 2.75) is 31.6 Å². The van der Waals surface area contributed by atoms with Gasteiger partial charge in [0.05, 0.1) is 5.56 Å². The molecule has 1 aliphatic heterocycles. The average Bonchev–Trinajstić information content (AvgIpc) is 2.50. The number of hydrogen-bond donors (Lipinski definition) is 1. The van der Waals surface area contributed by atoms with Gasteiger partial charge in [0.25, 0.3) is 15.9 Å². The van der Waals surface area contributed by atoms with Gasteiger partial charge in [-0.05, 0) is 30.5 Å². The molecule has 0 saturated heterocycles. The van der Waals surface area contributed by atoms with Crippen molar-refractivity contribution in [3.8, 4) is 0 Å². The van der Waals surface area contributed by atoms with Gasteiger partial charge in [-0.2, -0.15) is 12.8 Å². The quantitative estimate of drug-likeness (QED) is 0.496. The highest BCUT2D eigenvalue weighted by molar-refractivity contribution is 7.90. The second-order valence-electron chi connectivity index (χ2n) is 4.76. The van der Waals surface area contributed by atoms with Gasteiger partial charge < -0.3 is 0 Å². The summed E-state index contributed by atoms with van der Waals surface area (Å²) in [6.45, 7) is 4.98. The van der Waals surface area contributed by atoms with Crippen molar-refractivity contribution in [1.29, 1.82) is 0 Å². The molecule has 1 aromatic carbocycles. The van der Waals surface area contributed by atoms with Gasteiger partial charge >= 0.3 is 0 Å². The fraction of sp³-hybridized carbons (Fsp3) is 0.333. The monoisotopic (exact) mass is 282 g/mol. The molecule has 1 amide bonds. The summed E-state index contributed by atoms with van der Waals surface area (Å²) >= 11 is 0. The van der Waals surface area contributed by atoms with E-state index in [1.165, 1.54) is 13.0 Å². The van der Waals surface area contributed by atoms with Crippen LogP contribution in [-0.2, 0) is 10.0 Å². The van der Waals surface area contributed by atoms with Crippen molar-refractivity contribution in [3.63, 3.8) is 0 Å². The zero-order valence-electron chi connectivity index (χ0n) is 10.8. The molecule has 0 saturated carbocycles. The first-order chi connectivity index (χ1) is 8.67. The van der Waals surface area contributed by atoms with Crippen LogP contribution in [0.2, 0.25) is 0 Å². The van der Waals surface area contributed by atoms with Gasteiger partial charge in [0, 0.05) is 5.56 Å². The first-order valence-corrected chi connectivity index (χ1v) is 7.15. The number of sulfonamides is 1. The predicted molar refractivity (Wildman–Crippen MR) is 68.1 cm³/mol. The molecule has 19 heavy (non-hydrogen) atoms. The third kappa shape index (κ3) is 1.85. The van der Waals surface area contributed by atoms with E-state index in [1.807, 2.05) is 13.8 Å². The molecular formula is C12H14N2O4S. The van der Waals surface area contributed by atoms with Gasteiger partial charge in [0.2, 0.25) is 0 Å². The molecule has 1 aliphatic rings. The smallest absolute Gasteiger partial charge is 0.283 e. The number of ketones is 1. The first-order valence-electron chi connectivity index (χ1n) is 5.71. The molecule has 0 atom stereocenters. The molecule has 1 aromatic rings. The minimum absolute atomic E-state index is 0.0718. The lowest BCUT2D eigenvalue weighted by Gasteiger charge is -2.10. The van der Waals surface area contributed by atoms with Crippen LogP contribution in [0.5, 0.6) is 0 Å². The van der Waals surface area contributed by atoms with Crippen LogP contribution in [0.1, 0.15) is 53.0 Å². The maximum Gasteiger partial charge on any atom is 0.283 e. The molecule has 0 aliphatic carbocycles. The van der Waals surface area contributed by atoms with E-state index in [4.69, 9.17) is 5.84 Å². The number of benzene rings is 1. The van der Waals surface area contributed by atoms with Crippen LogP contribution in [-0.4, -0.2) is 24.5 Å². The molecule has 102 valence electrons. The zero-order valence-corrected chi connectivity index (χ0v) is 11.6. The van der Waals surface area contributed by atoms with E-state index in [0.717, 1.165) is 0 Å². The lowest BCUT2D eigenvalue weighted by molar-refractivity contribution is 0.0869. The molecule has 0 aromatic heterocycles. The van der Waals surface area contributed by atoms with Crippen LogP contribution in [0.4, 0.5) is 0 Å². The van der Waals surface area contributed by atoms with E-state index < -0.39 is 15.9 Å². The summed E-state index contributed by atoms with van der Waals surface area (Å²) in [7, 11) is -4.04. The van der Waals surface area contributed by atoms with E-state index in [0.29, 0.717) is 5.56 Å². The van der Waals surface area contributed by atoms with E-state index in [-0.39, 0.29) is 32.1 Å². The Balaban J connectivity index is 2.89. The summed E-state index contributed by atoms with van der Waals surface area (Å²) in [4.78, 5) is 23.2. The van der Waals surface area contributed by atoms with Crippen molar-refractivity contribution in [2.24, 2.45) is 5.84 Å². The Hall–Kier alpha value is -1.73. The van der Waals surface area contributed by atoms with E-state index in [9.17, 15) is 18.0 Å². The SMILES string of the molecule is CC(=O)c1cc(C(C)C)c2c(c1)S(=O)(=O)N(N)C2=O. The molecule has 1 heterocycles. The van der Waals surface area contributed by atoms with Crippen molar-refractivity contribution >= 4 is 21.7 Å². The minimum Gasteiger partial charge on any atom is -0.295 e. The number of nitrogens with zero attached hydrogens (tertiary/aromatic N) is 1. The van der Waals surface area contributed by atoms with Crippen molar-refractivity contribution in [2.75, 3.05) is 0 Å². The second-order valence-corrected chi connectivity index (χ2v) is 6.54. The number of hydrogen-bond acceptors (Lipinski definition) is 5. The summed E-state index contributed by atoms with van der Waals surface area (Å²) in [5.74, 6) is 4.20. The molecule has 0 spiro atoms. The van der Waals surface area contributed by atoms with Crippen LogP contribution >= 0.6 is 0 Å². The normalized spacial score (nSPS) is 16.9. The molecule has 0 radical (unpaired) electrons. The zero-order chi connectivity index (χ0) is 14.5.